The van der Waals surface area contributed by atoms with Crippen molar-refractivity contribution in [1.82, 2.24) is 25.5 Å². The summed E-state index contributed by atoms with van der Waals surface area (Å²) in [4.78, 5) is 12.7. The normalized spacial score (nSPS) is 18.6. The van der Waals surface area contributed by atoms with Crippen LogP contribution in [0, 0.1) is 5.92 Å². The van der Waals surface area contributed by atoms with Crippen LogP contribution in [0.3, 0.4) is 0 Å². The van der Waals surface area contributed by atoms with Crippen molar-refractivity contribution in [2.45, 2.75) is 25.3 Å². The van der Waals surface area contributed by atoms with E-state index in [0.29, 0.717) is 25.8 Å². The first-order valence-corrected chi connectivity index (χ1v) is 10.1. The molecule has 3 rings (SSSR count). The van der Waals surface area contributed by atoms with E-state index < -0.39 is 15.9 Å². The molecule has 0 radical (unpaired) electrons. The Balaban J connectivity index is 1.62. The van der Waals surface area contributed by atoms with E-state index >= 15 is 0 Å². The average Bonchev–Trinajstić information content (AvgIpc) is 3.13. The highest BCUT2D eigenvalue weighted by molar-refractivity contribution is 7.91. The molecule has 1 aromatic carbocycles. The molecule has 1 aliphatic rings. The van der Waals surface area contributed by atoms with Crippen molar-refractivity contribution < 1.29 is 13.2 Å². The van der Waals surface area contributed by atoms with Gasteiger partial charge in [0.25, 0.3) is 0 Å². The number of nitrogens with zero attached hydrogens (tertiary/aromatic N) is 4. The van der Waals surface area contributed by atoms with E-state index in [-0.39, 0.29) is 23.3 Å². The zero-order chi connectivity index (χ0) is 17.7. The van der Waals surface area contributed by atoms with Crippen molar-refractivity contribution in [3.05, 3.63) is 42.2 Å². The fourth-order valence-electron chi connectivity index (χ4n) is 2.96. The Morgan fingerprint density at radius 2 is 1.96 bits per heavy atom. The lowest BCUT2D eigenvalue weighted by Gasteiger charge is -2.23. The third-order valence-electron chi connectivity index (χ3n) is 4.50. The smallest absolute Gasteiger partial charge is 0.245 e. The van der Waals surface area contributed by atoms with Gasteiger partial charge in [-0.25, -0.2) is 13.1 Å². The second-order valence-corrected chi connectivity index (χ2v) is 8.64. The van der Waals surface area contributed by atoms with Gasteiger partial charge >= 0.3 is 0 Å². The van der Waals surface area contributed by atoms with Crippen molar-refractivity contribution in [1.29, 1.82) is 0 Å². The molecule has 1 fully saturated rings. The van der Waals surface area contributed by atoms with Crippen molar-refractivity contribution in [2.75, 3.05) is 18.1 Å². The maximum Gasteiger partial charge on any atom is 0.245 e. The fraction of sp³-hybridized carbons (Fsp3) is 0.500. The van der Waals surface area contributed by atoms with Gasteiger partial charge in [-0.3, -0.25) is 4.79 Å². The number of hydrogen-bond acceptors (Lipinski definition) is 6. The van der Waals surface area contributed by atoms with Gasteiger partial charge in [-0.1, -0.05) is 30.3 Å². The van der Waals surface area contributed by atoms with E-state index in [2.05, 4.69) is 20.8 Å². The van der Waals surface area contributed by atoms with Crippen LogP contribution in [0.5, 0.6) is 0 Å². The molecule has 2 heterocycles. The Bertz CT molecular complexity index is 778. The molecule has 1 aromatic heterocycles. The highest BCUT2D eigenvalue weighted by Gasteiger charge is 2.26. The summed E-state index contributed by atoms with van der Waals surface area (Å²) in [6.07, 6.45) is 3.10. The number of carbonyl (C=O) groups is 1. The number of aromatic nitrogens is 4. The summed E-state index contributed by atoms with van der Waals surface area (Å²) < 4.78 is 24.4. The van der Waals surface area contributed by atoms with Crippen molar-refractivity contribution in [3.8, 4) is 0 Å². The van der Waals surface area contributed by atoms with Crippen LogP contribution in [0.1, 0.15) is 24.4 Å². The maximum absolute atomic E-state index is 12.7. The molecule has 8 nitrogen and oxygen atoms in total. The number of tetrazole rings is 1. The minimum Gasteiger partial charge on any atom is -0.354 e. The SMILES string of the molecule is O=C(NCC1CCS(=O)(=O)CC1)[C@@H](Cc1ccccc1)n1cnnn1. The Hall–Kier alpha value is -2.29. The molecule has 0 aliphatic carbocycles. The molecule has 2 aromatic rings. The highest BCUT2D eigenvalue weighted by atomic mass is 32.2. The molecule has 1 N–H and O–H groups in total. The molecule has 0 unspecified atom stereocenters. The third kappa shape index (κ3) is 4.85. The van der Waals surface area contributed by atoms with Crippen LogP contribution in [0.2, 0.25) is 0 Å². The van der Waals surface area contributed by atoms with Crippen LogP contribution in [0.25, 0.3) is 0 Å². The monoisotopic (exact) mass is 363 g/mol. The Kier molecular flexibility index (Phi) is 5.42. The minimum atomic E-state index is -2.89. The van der Waals surface area contributed by atoms with Crippen LogP contribution in [0.15, 0.2) is 36.7 Å². The molecule has 1 aliphatic heterocycles. The number of nitrogens with one attached hydrogen (secondary N) is 1. The summed E-state index contributed by atoms with van der Waals surface area (Å²) in [5.74, 6) is 0.436. The van der Waals surface area contributed by atoms with E-state index in [1.807, 2.05) is 30.3 Å². The molecule has 0 bridgehead atoms. The van der Waals surface area contributed by atoms with Gasteiger partial charge in [-0.05, 0) is 34.7 Å². The van der Waals surface area contributed by atoms with Gasteiger partial charge in [0.1, 0.15) is 22.2 Å². The van der Waals surface area contributed by atoms with Gasteiger partial charge in [0, 0.05) is 13.0 Å². The maximum atomic E-state index is 12.7. The summed E-state index contributed by atoms with van der Waals surface area (Å²) in [7, 11) is -2.89. The van der Waals surface area contributed by atoms with Crippen LogP contribution >= 0.6 is 0 Å². The third-order valence-corrected chi connectivity index (χ3v) is 6.21. The Morgan fingerprint density at radius 1 is 1.24 bits per heavy atom. The van der Waals surface area contributed by atoms with Crippen LogP contribution in [0.4, 0.5) is 0 Å². The number of carbonyl (C=O) groups excluding carboxylic acids is 1. The standard InChI is InChI=1S/C16H21N5O3S/c22-16(17-11-14-6-8-25(23,24)9-7-14)15(21-12-18-19-20-21)10-13-4-2-1-3-5-13/h1-5,12,14-15H,6-11H2,(H,17,22)/t15-/m1/s1. The first-order chi connectivity index (χ1) is 12.0. The molecule has 25 heavy (non-hydrogen) atoms. The lowest BCUT2D eigenvalue weighted by Crippen LogP contribution is -2.39. The van der Waals surface area contributed by atoms with Crippen LogP contribution in [-0.2, 0) is 21.1 Å². The first-order valence-electron chi connectivity index (χ1n) is 8.28. The van der Waals surface area contributed by atoms with E-state index in [1.165, 1.54) is 11.0 Å². The summed E-state index contributed by atoms with van der Waals surface area (Å²) in [6.45, 7) is 0.474. The fourth-order valence-corrected chi connectivity index (χ4v) is 4.55. The number of rotatable bonds is 6. The number of amides is 1. The van der Waals surface area contributed by atoms with Crippen LogP contribution in [-0.4, -0.2) is 52.6 Å². The quantitative estimate of drug-likeness (QED) is 0.796. The second kappa shape index (κ2) is 7.73. The largest absolute Gasteiger partial charge is 0.354 e. The minimum absolute atomic E-state index is 0.162. The predicted octanol–water partition coefficient (Wildman–Crippen LogP) is 0.398. The van der Waals surface area contributed by atoms with Crippen molar-refractivity contribution in [3.63, 3.8) is 0 Å². The molecule has 134 valence electrons. The van der Waals surface area contributed by atoms with E-state index in [0.717, 1.165) is 5.56 Å². The average molecular weight is 363 g/mol. The summed E-state index contributed by atoms with van der Waals surface area (Å²) in [6, 6.07) is 9.14. The topological polar surface area (TPSA) is 107 Å². The van der Waals surface area contributed by atoms with Gasteiger partial charge in [0.2, 0.25) is 5.91 Å². The van der Waals surface area contributed by atoms with E-state index in [4.69, 9.17) is 0 Å². The number of sulfone groups is 1. The van der Waals surface area contributed by atoms with E-state index in [9.17, 15) is 13.2 Å². The highest BCUT2D eigenvalue weighted by Crippen LogP contribution is 2.19. The Morgan fingerprint density at radius 3 is 2.60 bits per heavy atom. The van der Waals surface area contributed by atoms with Crippen molar-refractivity contribution in [2.24, 2.45) is 5.92 Å². The predicted molar refractivity (Wildman–Crippen MR) is 91.4 cm³/mol. The lowest BCUT2D eigenvalue weighted by molar-refractivity contribution is -0.124. The number of benzene rings is 1. The molecule has 1 atom stereocenters. The van der Waals surface area contributed by atoms with Crippen molar-refractivity contribution >= 4 is 15.7 Å². The molecule has 9 heteroatoms. The summed E-state index contributed by atoms with van der Waals surface area (Å²) in [5.41, 5.74) is 1.02. The van der Waals surface area contributed by atoms with Gasteiger partial charge < -0.3 is 5.32 Å². The summed E-state index contributed by atoms with van der Waals surface area (Å²) >= 11 is 0. The molecular formula is C16H21N5O3S. The van der Waals surface area contributed by atoms with Gasteiger partial charge in [0.15, 0.2) is 0 Å². The molecule has 0 saturated carbocycles. The second-order valence-electron chi connectivity index (χ2n) is 6.34. The summed E-state index contributed by atoms with van der Waals surface area (Å²) in [5, 5.41) is 14.0. The van der Waals surface area contributed by atoms with Gasteiger partial charge in [0.05, 0.1) is 11.5 Å². The van der Waals surface area contributed by atoms with Crippen LogP contribution < -0.4 is 5.32 Å². The van der Waals surface area contributed by atoms with Gasteiger partial charge in [-0.2, -0.15) is 0 Å². The Labute approximate surface area is 146 Å². The van der Waals surface area contributed by atoms with E-state index in [1.54, 1.807) is 0 Å². The molecular weight excluding hydrogens is 342 g/mol. The zero-order valence-electron chi connectivity index (χ0n) is 13.8. The van der Waals surface area contributed by atoms with Gasteiger partial charge in [-0.15, -0.1) is 5.10 Å². The zero-order valence-corrected chi connectivity index (χ0v) is 14.6. The lowest BCUT2D eigenvalue weighted by atomic mass is 10.0. The first kappa shape index (κ1) is 17.5. The molecule has 1 saturated heterocycles. The molecule has 1 amide bonds. The molecule has 0 spiro atoms. The number of hydrogen-bond donors (Lipinski definition) is 1.